The van der Waals surface area contributed by atoms with Crippen LogP contribution in [0.25, 0.3) is 0 Å². The summed E-state index contributed by atoms with van der Waals surface area (Å²) in [4.78, 5) is 1.82. The lowest BCUT2D eigenvalue weighted by atomic mass is 9.88. The van der Waals surface area contributed by atoms with Crippen LogP contribution in [0.15, 0.2) is 42.5 Å². The molecule has 3 rings (SSSR count). The van der Waals surface area contributed by atoms with Crippen molar-refractivity contribution >= 4 is 5.69 Å². The second-order valence-corrected chi connectivity index (χ2v) is 10.1. The molecular weight excluding hydrogens is 479 g/mol. The molecule has 2 aromatic carbocycles. The average molecular weight is 518 g/mol. The second-order valence-electron chi connectivity index (χ2n) is 10.1. The van der Waals surface area contributed by atoms with E-state index in [4.69, 9.17) is 15.7 Å². The van der Waals surface area contributed by atoms with Crippen molar-refractivity contribution in [3.8, 4) is 11.8 Å². The molecule has 1 atom stereocenters. The number of unbranched alkanes of at least 4 members (excludes halogenated alkanes) is 2. The fourth-order valence-corrected chi connectivity index (χ4v) is 4.76. The zero-order valence-electron chi connectivity index (χ0n) is 21.6. The van der Waals surface area contributed by atoms with Crippen LogP contribution < -0.4 is 15.4 Å². The van der Waals surface area contributed by atoms with Gasteiger partial charge in [-0.2, -0.15) is 18.4 Å². The highest BCUT2D eigenvalue weighted by atomic mass is 19.4. The molecule has 2 aromatic rings. The number of nitrogens with zero attached hydrogens (tertiary/aromatic N) is 2. The minimum Gasteiger partial charge on any atom is -0.493 e. The van der Waals surface area contributed by atoms with Crippen LogP contribution in [-0.4, -0.2) is 36.4 Å². The lowest BCUT2D eigenvalue weighted by Gasteiger charge is -2.39. The molecule has 1 fully saturated rings. The van der Waals surface area contributed by atoms with Gasteiger partial charge < -0.3 is 20.5 Å². The number of anilines is 1. The molecule has 1 aliphatic heterocycles. The summed E-state index contributed by atoms with van der Waals surface area (Å²) < 4.78 is 45.8. The monoisotopic (exact) mass is 517 g/mol. The molecular formula is C29H38F3N3O2. The van der Waals surface area contributed by atoms with Gasteiger partial charge in [0.2, 0.25) is 0 Å². The number of benzene rings is 2. The van der Waals surface area contributed by atoms with Gasteiger partial charge in [-0.05, 0) is 68.0 Å². The summed E-state index contributed by atoms with van der Waals surface area (Å²) in [5, 5.41) is 20.0. The highest BCUT2D eigenvalue weighted by molar-refractivity contribution is 5.55. The van der Waals surface area contributed by atoms with Crippen molar-refractivity contribution < 1.29 is 23.0 Å². The fraction of sp³-hybridized carbons (Fsp3) is 0.552. The predicted molar refractivity (Wildman–Crippen MR) is 140 cm³/mol. The van der Waals surface area contributed by atoms with Crippen LogP contribution in [-0.2, 0) is 12.6 Å². The van der Waals surface area contributed by atoms with Gasteiger partial charge in [-0.25, -0.2) is 0 Å². The first-order valence-electron chi connectivity index (χ1n) is 13.2. The zero-order valence-corrected chi connectivity index (χ0v) is 21.6. The van der Waals surface area contributed by atoms with Crippen LogP contribution in [0.4, 0.5) is 18.9 Å². The van der Waals surface area contributed by atoms with Gasteiger partial charge in [0.25, 0.3) is 0 Å². The number of rotatable bonds is 12. The van der Waals surface area contributed by atoms with E-state index < -0.39 is 17.3 Å². The maximum absolute atomic E-state index is 13.3. The second kappa shape index (κ2) is 13.2. The summed E-state index contributed by atoms with van der Waals surface area (Å²) in [5.41, 5.74) is 5.60. The van der Waals surface area contributed by atoms with Crippen LogP contribution in [0, 0.1) is 11.3 Å². The molecule has 0 aromatic heterocycles. The summed E-state index contributed by atoms with van der Waals surface area (Å²) in [6.07, 6.45) is 3.29. The van der Waals surface area contributed by atoms with Gasteiger partial charge in [0, 0.05) is 31.2 Å². The molecule has 5 nitrogen and oxygen atoms in total. The molecule has 8 heteroatoms. The Bertz CT molecular complexity index is 1030. The van der Waals surface area contributed by atoms with E-state index in [-0.39, 0.29) is 11.6 Å². The standard InChI is InChI=1S/C29H38F3N3O2/c1-2-3-4-5-24(34)10-6-22-7-12-26(13-8-22)37-19-16-28(36)14-17-35(18-15-28)25-11-9-23(21-33)27(20-25)29(30,31)32/h7-9,11-13,20,24,36H,2-6,10,14-19,34H2,1H3. The smallest absolute Gasteiger partial charge is 0.417 e. The first-order valence-corrected chi connectivity index (χ1v) is 13.2. The molecule has 37 heavy (non-hydrogen) atoms. The van der Waals surface area contributed by atoms with E-state index in [9.17, 15) is 18.3 Å². The highest BCUT2D eigenvalue weighted by Crippen LogP contribution is 2.36. The number of hydrogen-bond donors (Lipinski definition) is 2. The number of nitriles is 1. The zero-order chi connectivity index (χ0) is 26.9. The number of halogens is 3. The summed E-state index contributed by atoms with van der Waals surface area (Å²) in [7, 11) is 0. The Hall–Kier alpha value is -2.76. The van der Waals surface area contributed by atoms with Gasteiger partial charge in [0.05, 0.1) is 29.4 Å². The topological polar surface area (TPSA) is 82.5 Å². The van der Waals surface area contributed by atoms with Crippen LogP contribution in [0.2, 0.25) is 0 Å². The van der Waals surface area contributed by atoms with Gasteiger partial charge in [0.15, 0.2) is 0 Å². The van der Waals surface area contributed by atoms with E-state index in [0.717, 1.165) is 31.1 Å². The highest BCUT2D eigenvalue weighted by Gasteiger charge is 2.36. The number of aliphatic hydroxyl groups is 1. The molecule has 1 saturated heterocycles. The van der Waals surface area contributed by atoms with E-state index >= 15 is 0 Å². The van der Waals surface area contributed by atoms with Crippen LogP contribution in [0.1, 0.15) is 75.0 Å². The molecule has 0 aliphatic carbocycles. The Morgan fingerprint density at radius 1 is 1.11 bits per heavy atom. The van der Waals surface area contributed by atoms with Crippen molar-refractivity contribution in [1.29, 1.82) is 5.26 Å². The maximum atomic E-state index is 13.3. The van der Waals surface area contributed by atoms with E-state index in [1.165, 1.54) is 37.0 Å². The molecule has 0 bridgehead atoms. The van der Waals surface area contributed by atoms with Crippen LogP contribution >= 0.6 is 0 Å². The van der Waals surface area contributed by atoms with Crippen LogP contribution in [0.3, 0.4) is 0 Å². The van der Waals surface area contributed by atoms with E-state index in [0.29, 0.717) is 44.6 Å². The number of nitrogens with two attached hydrogens (primary N) is 1. The summed E-state index contributed by atoms with van der Waals surface area (Å²) in [6.45, 7) is 3.40. The Morgan fingerprint density at radius 2 is 1.81 bits per heavy atom. The van der Waals surface area contributed by atoms with Crippen molar-refractivity contribution in [2.75, 3.05) is 24.6 Å². The minimum absolute atomic E-state index is 0.234. The Balaban J connectivity index is 1.43. The third-order valence-corrected chi connectivity index (χ3v) is 7.23. The van der Waals surface area contributed by atoms with Crippen molar-refractivity contribution in [3.05, 3.63) is 59.2 Å². The van der Waals surface area contributed by atoms with Gasteiger partial charge in [0.1, 0.15) is 5.75 Å². The number of piperidine rings is 1. The van der Waals surface area contributed by atoms with Crippen molar-refractivity contribution in [2.45, 2.75) is 82.5 Å². The van der Waals surface area contributed by atoms with Gasteiger partial charge in [-0.1, -0.05) is 38.3 Å². The molecule has 1 aliphatic rings. The average Bonchev–Trinajstić information content (AvgIpc) is 2.88. The molecule has 1 unspecified atom stereocenters. The SMILES string of the molecule is CCCCCC(N)CCc1ccc(OCCC2(O)CCN(c3ccc(C#N)c(C(F)(F)F)c3)CC2)cc1. The molecule has 202 valence electrons. The lowest BCUT2D eigenvalue weighted by Crippen LogP contribution is -2.45. The molecule has 3 N–H and O–H groups in total. The number of ether oxygens (including phenoxy) is 1. The Labute approximate surface area is 218 Å². The Kier molecular flexibility index (Phi) is 10.2. The summed E-state index contributed by atoms with van der Waals surface area (Å²) >= 11 is 0. The third-order valence-electron chi connectivity index (χ3n) is 7.23. The quantitative estimate of drug-likeness (QED) is 0.327. The number of hydrogen-bond acceptors (Lipinski definition) is 5. The van der Waals surface area contributed by atoms with Crippen molar-refractivity contribution in [1.82, 2.24) is 0 Å². The molecule has 0 saturated carbocycles. The van der Waals surface area contributed by atoms with E-state index in [1.54, 1.807) is 6.07 Å². The molecule has 0 radical (unpaired) electrons. The molecule has 0 amide bonds. The van der Waals surface area contributed by atoms with Crippen LogP contribution in [0.5, 0.6) is 5.75 Å². The third kappa shape index (κ3) is 8.65. The molecule has 1 heterocycles. The van der Waals surface area contributed by atoms with Gasteiger partial charge >= 0.3 is 6.18 Å². The summed E-state index contributed by atoms with van der Waals surface area (Å²) in [5.74, 6) is 0.745. The van der Waals surface area contributed by atoms with Crippen molar-refractivity contribution in [2.24, 2.45) is 5.73 Å². The Morgan fingerprint density at radius 3 is 2.43 bits per heavy atom. The molecule has 0 spiro atoms. The predicted octanol–water partition coefficient (Wildman–Crippen LogP) is 6.22. The van der Waals surface area contributed by atoms with Crippen molar-refractivity contribution in [3.63, 3.8) is 0 Å². The lowest BCUT2D eigenvalue weighted by molar-refractivity contribution is -0.137. The minimum atomic E-state index is -4.59. The normalized spacial score (nSPS) is 16.3. The first kappa shape index (κ1) is 28.8. The number of aryl methyl sites for hydroxylation is 1. The van der Waals surface area contributed by atoms with Gasteiger partial charge in [-0.3, -0.25) is 0 Å². The van der Waals surface area contributed by atoms with E-state index in [1.807, 2.05) is 29.2 Å². The van der Waals surface area contributed by atoms with E-state index in [2.05, 4.69) is 6.92 Å². The number of alkyl halides is 3. The fourth-order valence-electron chi connectivity index (χ4n) is 4.76. The van der Waals surface area contributed by atoms with Gasteiger partial charge in [-0.15, -0.1) is 0 Å². The summed E-state index contributed by atoms with van der Waals surface area (Å²) in [6, 6.07) is 13.6. The largest absolute Gasteiger partial charge is 0.493 e. The maximum Gasteiger partial charge on any atom is 0.417 e. The first-order chi connectivity index (χ1) is 17.6.